The number of quaternary nitrogens is 1. The van der Waals surface area contributed by atoms with E-state index in [1.807, 2.05) is 14.1 Å². The average Bonchev–Trinajstić information content (AvgIpc) is 3.24. The quantitative estimate of drug-likeness (QED) is 0.129. The van der Waals surface area contributed by atoms with E-state index >= 15 is 0 Å². The Bertz CT molecular complexity index is 1050. The molecule has 42 heavy (non-hydrogen) atoms. The van der Waals surface area contributed by atoms with Crippen LogP contribution in [-0.2, 0) is 14.9 Å². The number of nitrogens with zero attached hydrogens (tertiary/aromatic N) is 1. The number of hydrogen-bond acceptors (Lipinski definition) is 6. The topological polar surface area (TPSA) is 144 Å². The number of rotatable bonds is 12. The molecule has 4 aliphatic rings. The van der Waals surface area contributed by atoms with Crippen LogP contribution < -0.4 is 5.32 Å². The molecule has 0 aromatic rings. The molecular formula is C32H59N2O7S+. The van der Waals surface area contributed by atoms with Gasteiger partial charge in [0, 0.05) is 25.8 Å². The van der Waals surface area contributed by atoms with E-state index in [4.69, 9.17) is 4.55 Å². The fourth-order valence-electron chi connectivity index (χ4n) is 10.3. The van der Waals surface area contributed by atoms with Crippen molar-refractivity contribution >= 4 is 16.0 Å². The van der Waals surface area contributed by atoms with Crippen LogP contribution in [0.2, 0.25) is 0 Å². The van der Waals surface area contributed by atoms with E-state index < -0.39 is 16.2 Å². The standard InChI is InChI=1S/C32H58N2O7S/c1-21(8-11-29(38)33-14-6-15-34(4,5)16-7-17-42(39,40)41)24-9-10-25-30-26(20-28(37)32(24,25)3)31(2)13-12-23(35)18-22(31)19-27(30)36/h21-28,30,35-37H,6-20H2,1-5H3,(H-,33,38,39,40,41)/p+1. The number of hydrogen-bond donors (Lipinski definition) is 5. The highest BCUT2D eigenvalue weighted by atomic mass is 32.2. The molecule has 4 saturated carbocycles. The predicted molar refractivity (Wildman–Crippen MR) is 163 cm³/mol. The van der Waals surface area contributed by atoms with Crippen LogP contribution in [0.25, 0.3) is 0 Å². The van der Waals surface area contributed by atoms with Crippen molar-refractivity contribution in [2.24, 2.45) is 46.3 Å². The lowest BCUT2D eigenvalue weighted by Gasteiger charge is -2.63. The van der Waals surface area contributed by atoms with E-state index in [9.17, 15) is 28.5 Å². The van der Waals surface area contributed by atoms with Crippen LogP contribution in [0.3, 0.4) is 0 Å². The van der Waals surface area contributed by atoms with Gasteiger partial charge in [0.15, 0.2) is 0 Å². The van der Waals surface area contributed by atoms with Crippen molar-refractivity contribution in [2.45, 2.75) is 110 Å². The number of carbonyl (C=O) groups is 1. The van der Waals surface area contributed by atoms with Gasteiger partial charge in [-0.05, 0) is 97.7 Å². The van der Waals surface area contributed by atoms with Crippen molar-refractivity contribution in [3.63, 3.8) is 0 Å². The van der Waals surface area contributed by atoms with E-state index in [-0.39, 0.29) is 52.5 Å². The monoisotopic (exact) mass is 615 g/mol. The maximum atomic E-state index is 12.7. The first kappa shape index (κ1) is 34.1. The number of aliphatic hydroxyl groups is 3. The van der Waals surface area contributed by atoms with Crippen molar-refractivity contribution in [1.82, 2.24) is 5.32 Å². The molecule has 0 spiro atoms. The Balaban J connectivity index is 1.27. The highest BCUT2D eigenvalue weighted by Gasteiger charge is 2.65. The molecule has 0 aliphatic heterocycles. The Morgan fingerprint density at radius 2 is 1.69 bits per heavy atom. The van der Waals surface area contributed by atoms with Crippen LogP contribution in [0.15, 0.2) is 0 Å². The molecule has 1 amide bonds. The molecule has 11 atom stereocenters. The van der Waals surface area contributed by atoms with Crippen molar-refractivity contribution in [3.8, 4) is 0 Å². The third-order valence-electron chi connectivity index (χ3n) is 12.8. The Morgan fingerprint density at radius 3 is 2.38 bits per heavy atom. The zero-order valence-electron chi connectivity index (χ0n) is 26.7. The van der Waals surface area contributed by atoms with Crippen molar-refractivity contribution in [2.75, 3.05) is 39.5 Å². The summed E-state index contributed by atoms with van der Waals surface area (Å²) in [6.45, 7) is 8.87. The van der Waals surface area contributed by atoms with E-state index in [0.29, 0.717) is 48.2 Å². The maximum absolute atomic E-state index is 12.7. The summed E-state index contributed by atoms with van der Waals surface area (Å²) < 4.78 is 31.5. The highest BCUT2D eigenvalue weighted by molar-refractivity contribution is 7.85. The number of carbonyl (C=O) groups excluding carboxylic acids is 1. The zero-order chi connectivity index (χ0) is 31.1. The summed E-state index contributed by atoms with van der Waals surface area (Å²) in [4.78, 5) is 12.7. The minimum Gasteiger partial charge on any atom is -0.393 e. The zero-order valence-corrected chi connectivity index (χ0v) is 27.5. The molecule has 11 unspecified atom stereocenters. The predicted octanol–water partition coefficient (Wildman–Crippen LogP) is 3.22. The van der Waals surface area contributed by atoms with Crippen LogP contribution in [0.4, 0.5) is 0 Å². The normalized spacial score (nSPS) is 41.0. The molecule has 0 aromatic carbocycles. The lowest BCUT2D eigenvalue weighted by Crippen LogP contribution is -2.62. The molecular weight excluding hydrogens is 556 g/mol. The highest BCUT2D eigenvalue weighted by Crippen LogP contribution is 2.68. The summed E-state index contributed by atoms with van der Waals surface area (Å²) in [5.74, 6) is 1.52. The van der Waals surface area contributed by atoms with Gasteiger partial charge in [-0.3, -0.25) is 9.35 Å². The van der Waals surface area contributed by atoms with Gasteiger partial charge in [0.25, 0.3) is 10.1 Å². The van der Waals surface area contributed by atoms with Crippen LogP contribution in [0, 0.1) is 46.3 Å². The first-order chi connectivity index (χ1) is 19.5. The van der Waals surface area contributed by atoms with E-state index in [0.717, 1.165) is 64.3 Å². The summed E-state index contributed by atoms with van der Waals surface area (Å²) in [6, 6.07) is 0. The van der Waals surface area contributed by atoms with Gasteiger partial charge in [0.2, 0.25) is 5.91 Å². The largest absolute Gasteiger partial charge is 0.393 e. The molecule has 0 bridgehead atoms. The summed E-state index contributed by atoms with van der Waals surface area (Å²) in [5.41, 5.74) is -0.185. The Labute approximate surface area is 254 Å². The van der Waals surface area contributed by atoms with Gasteiger partial charge in [-0.15, -0.1) is 0 Å². The summed E-state index contributed by atoms with van der Waals surface area (Å²) in [6.07, 6.45) is 7.47. The summed E-state index contributed by atoms with van der Waals surface area (Å²) in [5, 5.41) is 36.6. The van der Waals surface area contributed by atoms with Gasteiger partial charge in [0.1, 0.15) is 0 Å². The number of fused-ring (bicyclic) bond motifs is 5. The minimum atomic E-state index is -3.93. The van der Waals surface area contributed by atoms with E-state index in [1.165, 1.54) is 0 Å². The van der Waals surface area contributed by atoms with E-state index in [1.54, 1.807) is 0 Å². The number of aliphatic hydroxyl groups excluding tert-OH is 3. The van der Waals surface area contributed by atoms with Gasteiger partial charge in [0.05, 0.1) is 51.2 Å². The van der Waals surface area contributed by atoms with Crippen molar-refractivity contribution < 1.29 is 37.6 Å². The minimum absolute atomic E-state index is 0.0450. The molecule has 0 heterocycles. The molecule has 9 nitrogen and oxygen atoms in total. The Morgan fingerprint density at radius 1 is 1.00 bits per heavy atom. The fourth-order valence-corrected chi connectivity index (χ4v) is 10.8. The third-order valence-corrected chi connectivity index (χ3v) is 13.6. The number of nitrogens with one attached hydrogen (secondary N) is 1. The number of amides is 1. The van der Waals surface area contributed by atoms with Crippen LogP contribution in [0.5, 0.6) is 0 Å². The molecule has 0 radical (unpaired) electrons. The fraction of sp³-hybridized carbons (Fsp3) is 0.969. The maximum Gasteiger partial charge on any atom is 0.265 e. The molecule has 4 fully saturated rings. The summed E-state index contributed by atoms with van der Waals surface area (Å²) >= 11 is 0. The third kappa shape index (κ3) is 7.20. The lowest BCUT2D eigenvalue weighted by molar-refractivity contribution is -0.890. The van der Waals surface area contributed by atoms with Gasteiger partial charge < -0.3 is 25.1 Å². The molecule has 4 aliphatic carbocycles. The smallest absolute Gasteiger partial charge is 0.265 e. The first-order valence-corrected chi connectivity index (χ1v) is 18.2. The molecule has 0 aromatic heterocycles. The van der Waals surface area contributed by atoms with Gasteiger partial charge >= 0.3 is 0 Å². The molecule has 4 rings (SSSR count). The second kappa shape index (κ2) is 12.9. The van der Waals surface area contributed by atoms with Crippen LogP contribution in [0.1, 0.15) is 91.4 Å². The average molecular weight is 616 g/mol. The molecule has 10 heteroatoms. The summed E-state index contributed by atoms with van der Waals surface area (Å²) in [7, 11) is 0.114. The van der Waals surface area contributed by atoms with E-state index in [2.05, 4.69) is 26.1 Å². The van der Waals surface area contributed by atoms with Crippen LogP contribution >= 0.6 is 0 Å². The van der Waals surface area contributed by atoms with Gasteiger partial charge in [-0.25, -0.2) is 0 Å². The SMILES string of the molecule is CC(CCC(=O)NCCC[N+](C)(C)CCCS(=O)(=O)O)C1CCC2C3C(O)CC4CC(O)CCC4(C)C3CC(O)C12C. The lowest BCUT2D eigenvalue weighted by atomic mass is 9.43. The van der Waals surface area contributed by atoms with Crippen LogP contribution in [-0.4, -0.2) is 96.5 Å². The Kier molecular flexibility index (Phi) is 10.5. The first-order valence-electron chi connectivity index (χ1n) is 16.6. The van der Waals surface area contributed by atoms with Gasteiger partial charge in [-0.2, -0.15) is 8.42 Å². The molecule has 0 saturated heterocycles. The van der Waals surface area contributed by atoms with Gasteiger partial charge in [-0.1, -0.05) is 20.8 Å². The second-order valence-corrected chi connectivity index (χ2v) is 17.3. The molecule has 5 N–H and O–H groups in total. The second-order valence-electron chi connectivity index (χ2n) is 15.8. The van der Waals surface area contributed by atoms with Crippen molar-refractivity contribution in [1.29, 1.82) is 0 Å². The van der Waals surface area contributed by atoms with Crippen molar-refractivity contribution in [3.05, 3.63) is 0 Å². The Hall–Kier alpha value is -0.780. The molecule has 244 valence electrons.